The van der Waals surface area contributed by atoms with Crippen molar-refractivity contribution < 1.29 is 0 Å². The number of rotatable bonds is 5. The molecule has 114 valence electrons. The Labute approximate surface area is 121 Å². The molecule has 0 heterocycles. The van der Waals surface area contributed by atoms with Crippen LogP contribution in [-0.4, -0.2) is 30.1 Å². The number of nitrogens with zero attached hydrogens (tertiary/aromatic N) is 1. The fraction of sp³-hybridized carbons (Fsp3) is 1.00. The van der Waals surface area contributed by atoms with Crippen molar-refractivity contribution in [2.24, 2.45) is 17.1 Å². The molecular formula is C17H36N2. The van der Waals surface area contributed by atoms with Crippen LogP contribution in [0.5, 0.6) is 0 Å². The van der Waals surface area contributed by atoms with E-state index in [0.717, 1.165) is 12.5 Å². The quantitative estimate of drug-likeness (QED) is 0.815. The third-order valence-electron chi connectivity index (χ3n) is 5.70. The SMILES string of the molecule is CCCC1CCC(CN)(N(C)C(C)C(C)(C)C)CC1. The average Bonchev–Trinajstić information content (AvgIpc) is 2.37. The van der Waals surface area contributed by atoms with Gasteiger partial charge in [0.25, 0.3) is 0 Å². The first kappa shape index (κ1) is 17.0. The number of hydrogen-bond donors (Lipinski definition) is 1. The van der Waals surface area contributed by atoms with E-state index in [1.807, 2.05) is 0 Å². The smallest absolute Gasteiger partial charge is 0.0331 e. The van der Waals surface area contributed by atoms with Gasteiger partial charge in [-0.2, -0.15) is 0 Å². The Bertz CT molecular complexity index is 259. The molecule has 0 aromatic rings. The number of nitrogens with two attached hydrogens (primary N) is 1. The van der Waals surface area contributed by atoms with Gasteiger partial charge in [-0.05, 0) is 51.0 Å². The highest BCUT2D eigenvalue weighted by Crippen LogP contribution is 2.40. The molecule has 2 heteroatoms. The van der Waals surface area contributed by atoms with Gasteiger partial charge in [-0.25, -0.2) is 0 Å². The van der Waals surface area contributed by atoms with Gasteiger partial charge in [0.05, 0.1) is 0 Å². The van der Waals surface area contributed by atoms with Crippen molar-refractivity contribution in [1.82, 2.24) is 4.90 Å². The van der Waals surface area contributed by atoms with Crippen LogP contribution in [0.2, 0.25) is 0 Å². The van der Waals surface area contributed by atoms with Crippen molar-refractivity contribution >= 4 is 0 Å². The standard InChI is InChI=1S/C17H36N2/c1-7-8-15-9-11-17(13-18,12-10-15)19(6)14(2)16(3,4)5/h14-15H,7-13,18H2,1-6H3. The molecule has 19 heavy (non-hydrogen) atoms. The Morgan fingerprint density at radius 2 is 1.79 bits per heavy atom. The van der Waals surface area contributed by atoms with Crippen LogP contribution in [0.4, 0.5) is 0 Å². The number of likely N-dealkylation sites (N-methyl/N-ethyl adjacent to an activating group) is 1. The molecule has 0 aromatic carbocycles. The second-order valence-electron chi connectivity index (χ2n) is 7.81. The average molecular weight is 268 g/mol. The lowest BCUT2D eigenvalue weighted by atomic mass is 9.72. The molecule has 0 spiro atoms. The monoisotopic (exact) mass is 268 g/mol. The summed E-state index contributed by atoms with van der Waals surface area (Å²) in [5, 5.41) is 0. The zero-order valence-corrected chi connectivity index (χ0v) is 14.1. The first-order valence-corrected chi connectivity index (χ1v) is 8.20. The van der Waals surface area contributed by atoms with E-state index in [1.54, 1.807) is 0 Å². The van der Waals surface area contributed by atoms with Gasteiger partial charge in [-0.1, -0.05) is 40.5 Å². The van der Waals surface area contributed by atoms with Crippen molar-refractivity contribution in [2.75, 3.05) is 13.6 Å². The summed E-state index contributed by atoms with van der Waals surface area (Å²) in [5.41, 5.74) is 6.76. The second kappa shape index (κ2) is 6.58. The van der Waals surface area contributed by atoms with Gasteiger partial charge in [0.2, 0.25) is 0 Å². The Hall–Kier alpha value is -0.0800. The third-order valence-corrected chi connectivity index (χ3v) is 5.70. The molecule has 1 rings (SSSR count). The molecule has 0 saturated heterocycles. The summed E-state index contributed by atoms with van der Waals surface area (Å²) in [7, 11) is 2.29. The van der Waals surface area contributed by atoms with Crippen LogP contribution in [0, 0.1) is 11.3 Å². The topological polar surface area (TPSA) is 29.3 Å². The van der Waals surface area contributed by atoms with Crippen LogP contribution >= 0.6 is 0 Å². The summed E-state index contributed by atoms with van der Waals surface area (Å²) in [4.78, 5) is 2.59. The van der Waals surface area contributed by atoms with Gasteiger partial charge < -0.3 is 5.73 Å². The highest BCUT2D eigenvalue weighted by molar-refractivity contribution is 4.98. The molecule has 1 fully saturated rings. The first-order valence-electron chi connectivity index (χ1n) is 8.20. The van der Waals surface area contributed by atoms with Gasteiger partial charge in [-0.3, -0.25) is 4.90 Å². The summed E-state index contributed by atoms with van der Waals surface area (Å²) in [6.45, 7) is 12.5. The molecule has 2 N–H and O–H groups in total. The Balaban J connectivity index is 2.72. The van der Waals surface area contributed by atoms with E-state index < -0.39 is 0 Å². The molecule has 1 unspecified atom stereocenters. The summed E-state index contributed by atoms with van der Waals surface area (Å²) in [5.74, 6) is 0.947. The maximum atomic E-state index is 6.20. The Morgan fingerprint density at radius 1 is 1.26 bits per heavy atom. The highest BCUT2D eigenvalue weighted by atomic mass is 15.2. The lowest BCUT2D eigenvalue weighted by Gasteiger charge is -2.51. The lowest BCUT2D eigenvalue weighted by Crippen LogP contribution is -2.59. The largest absolute Gasteiger partial charge is 0.329 e. The molecule has 0 amide bonds. The van der Waals surface area contributed by atoms with Crippen molar-refractivity contribution in [3.63, 3.8) is 0 Å². The molecule has 1 aliphatic rings. The first-order chi connectivity index (χ1) is 8.77. The maximum absolute atomic E-state index is 6.20. The van der Waals surface area contributed by atoms with Crippen LogP contribution in [-0.2, 0) is 0 Å². The zero-order valence-electron chi connectivity index (χ0n) is 14.1. The van der Waals surface area contributed by atoms with Crippen LogP contribution in [0.15, 0.2) is 0 Å². The lowest BCUT2D eigenvalue weighted by molar-refractivity contribution is -0.00241. The highest BCUT2D eigenvalue weighted by Gasteiger charge is 2.41. The van der Waals surface area contributed by atoms with E-state index in [0.29, 0.717) is 11.5 Å². The molecule has 1 saturated carbocycles. The zero-order chi connectivity index (χ0) is 14.7. The molecular weight excluding hydrogens is 232 g/mol. The summed E-state index contributed by atoms with van der Waals surface area (Å²) >= 11 is 0. The van der Waals surface area contributed by atoms with Gasteiger partial charge >= 0.3 is 0 Å². The van der Waals surface area contributed by atoms with Gasteiger partial charge in [0.1, 0.15) is 0 Å². The van der Waals surface area contributed by atoms with E-state index in [1.165, 1.54) is 38.5 Å². The van der Waals surface area contributed by atoms with E-state index in [-0.39, 0.29) is 5.54 Å². The number of hydrogen-bond acceptors (Lipinski definition) is 2. The molecule has 1 atom stereocenters. The second-order valence-corrected chi connectivity index (χ2v) is 7.81. The van der Waals surface area contributed by atoms with Crippen LogP contribution in [0.3, 0.4) is 0 Å². The van der Waals surface area contributed by atoms with Gasteiger partial charge in [0, 0.05) is 18.1 Å². The predicted molar refractivity (Wildman–Crippen MR) is 85.3 cm³/mol. The molecule has 0 aliphatic heterocycles. The van der Waals surface area contributed by atoms with Gasteiger partial charge in [0.15, 0.2) is 0 Å². The molecule has 2 nitrogen and oxygen atoms in total. The Morgan fingerprint density at radius 3 is 2.16 bits per heavy atom. The fourth-order valence-corrected chi connectivity index (χ4v) is 3.60. The van der Waals surface area contributed by atoms with E-state index in [4.69, 9.17) is 5.73 Å². The van der Waals surface area contributed by atoms with E-state index in [2.05, 4.69) is 46.6 Å². The third kappa shape index (κ3) is 3.95. The minimum absolute atomic E-state index is 0.247. The predicted octanol–water partition coefficient (Wildman–Crippen LogP) is 4.04. The summed E-state index contributed by atoms with van der Waals surface area (Å²) in [6.07, 6.45) is 8.03. The molecule has 0 bridgehead atoms. The van der Waals surface area contributed by atoms with E-state index >= 15 is 0 Å². The normalized spacial score (nSPS) is 30.6. The van der Waals surface area contributed by atoms with E-state index in [9.17, 15) is 0 Å². The van der Waals surface area contributed by atoms with Crippen molar-refractivity contribution in [1.29, 1.82) is 0 Å². The van der Waals surface area contributed by atoms with Crippen molar-refractivity contribution in [3.8, 4) is 0 Å². The van der Waals surface area contributed by atoms with Gasteiger partial charge in [-0.15, -0.1) is 0 Å². The van der Waals surface area contributed by atoms with Crippen molar-refractivity contribution in [2.45, 2.75) is 84.7 Å². The Kier molecular flexibility index (Phi) is 5.88. The minimum atomic E-state index is 0.247. The molecule has 0 radical (unpaired) electrons. The molecule has 0 aromatic heterocycles. The molecule has 1 aliphatic carbocycles. The van der Waals surface area contributed by atoms with Crippen LogP contribution in [0.25, 0.3) is 0 Å². The van der Waals surface area contributed by atoms with Crippen LogP contribution < -0.4 is 5.73 Å². The minimum Gasteiger partial charge on any atom is -0.329 e. The summed E-state index contributed by atoms with van der Waals surface area (Å²) in [6, 6.07) is 0.568. The fourth-order valence-electron chi connectivity index (χ4n) is 3.60. The maximum Gasteiger partial charge on any atom is 0.0331 e. The van der Waals surface area contributed by atoms with Crippen molar-refractivity contribution in [3.05, 3.63) is 0 Å². The van der Waals surface area contributed by atoms with Crippen LogP contribution in [0.1, 0.15) is 73.1 Å². The summed E-state index contributed by atoms with van der Waals surface area (Å²) < 4.78 is 0.